The molecule has 2 heteroatoms. The second kappa shape index (κ2) is 10.6. The Morgan fingerprint density at radius 1 is 0.821 bits per heavy atom. The quantitative estimate of drug-likeness (QED) is 0.446. The fraction of sp³-hybridized carbons (Fsp3) is 0.308. The van der Waals surface area contributed by atoms with Crippen LogP contribution in [0, 0.1) is 6.92 Å². The van der Waals surface area contributed by atoms with Crippen molar-refractivity contribution in [2.24, 2.45) is 0 Å². The molecule has 0 aliphatic rings. The number of rotatable bonds is 6. The Balaban J connectivity index is 0.000000397. The minimum absolute atomic E-state index is 0.0933. The molecule has 1 heterocycles. The van der Waals surface area contributed by atoms with E-state index in [0.29, 0.717) is 0 Å². The molecule has 0 amide bonds. The maximum absolute atomic E-state index is 13.0. The van der Waals surface area contributed by atoms with Crippen molar-refractivity contribution in [3.05, 3.63) is 101 Å². The Morgan fingerprint density at radius 2 is 1.46 bits per heavy atom. The average molecular weight is 374 g/mol. The molecule has 146 valence electrons. The summed E-state index contributed by atoms with van der Waals surface area (Å²) in [5.41, 5.74) is 4.06. The third-order valence-electron chi connectivity index (χ3n) is 5.62. The smallest absolute Gasteiger partial charge is 0.193 e. The first-order valence-corrected chi connectivity index (χ1v) is 10.1. The third-order valence-corrected chi connectivity index (χ3v) is 5.62. The van der Waals surface area contributed by atoms with E-state index in [2.05, 4.69) is 37.9 Å². The lowest BCUT2D eigenvalue weighted by atomic mass is 9.71. The van der Waals surface area contributed by atoms with Crippen LogP contribution < -0.4 is 0 Å². The molecular weight excluding hydrogens is 342 g/mol. The molecule has 0 fully saturated rings. The SMILES string of the molecule is CCC(CC)(CC)c1ccccc1C(=O)c1cccc(C)c1.c1ccncc1. The number of hydrogen-bond donors (Lipinski definition) is 0. The molecule has 0 radical (unpaired) electrons. The highest BCUT2D eigenvalue weighted by molar-refractivity contribution is 6.10. The highest BCUT2D eigenvalue weighted by Gasteiger charge is 2.30. The van der Waals surface area contributed by atoms with E-state index in [1.165, 1.54) is 5.56 Å². The summed E-state index contributed by atoms with van der Waals surface area (Å²) in [5, 5.41) is 0. The van der Waals surface area contributed by atoms with Crippen LogP contribution in [0.3, 0.4) is 0 Å². The van der Waals surface area contributed by atoms with E-state index in [1.807, 2.05) is 61.5 Å². The van der Waals surface area contributed by atoms with E-state index in [1.54, 1.807) is 12.4 Å². The molecular formula is C26H31NO. The van der Waals surface area contributed by atoms with Crippen molar-refractivity contribution in [3.63, 3.8) is 0 Å². The first-order chi connectivity index (χ1) is 13.6. The molecule has 2 nitrogen and oxygen atoms in total. The van der Waals surface area contributed by atoms with E-state index < -0.39 is 0 Å². The normalized spacial score (nSPS) is 10.7. The van der Waals surface area contributed by atoms with Crippen LogP contribution in [0.1, 0.15) is 67.1 Å². The van der Waals surface area contributed by atoms with Gasteiger partial charge in [0.1, 0.15) is 0 Å². The minimum atomic E-state index is 0.0933. The lowest BCUT2D eigenvalue weighted by Gasteiger charge is -2.33. The van der Waals surface area contributed by atoms with Gasteiger partial charge in [-0.2, -0.15) is 0 Å². The minimum Gasteiger partial charge on any atom is -0.289 e. The molecule has 2 aromatic carbocycles. The van der Waals surface area contributed by atoms with Gasteiger partial charge in [-0.25, -0.2) is 0 Å². The van der Waals surface area contributed by atoms with Crippen LogP contribution in [0.5, 0.6) is 0 Å². The molecule has 3 aromatic rings. The van der Waals surface area contributed by atoms with Gasteiger partial charge in [0.15, 0.2) is 5.78 Å². The highest BCUT2D eigenvalue weighted by Crippen LogP contribution is 2.37. The second-order valence-corrected chi connectivity index (χ2v) is 7.11. The Labute approximate surface area is 169 Å². The number of nitrogens with zero attached hydrogens (tertiary/aromatic N) is 1. The van der Waals surface area contributed by atoms with Crippen molar-refractivity contribution in [1.82, 2.24) is 4.98 Å². The van der Waals surface area contributed by atoms with Crippen molar-refractivity contribution < 1.29 is 4.79 Å². The lowest BCUT2D eigenvalue weighted by Crippen LogP contribution is -2.26. The number of benzene rings is 2. The fourth-order valence-electron chi connectivity index (χ4n) is 3.72. The largest absolute Gasteiger partial charge is 0.289 e. The third kappa shape index (κ3) is 5.16. The molecule has 0 saturated carbocycles. The molecule has 0 aliphatic carbocycles. The summed E-state index contributed by atoms with van der Waals surface area (Å²) in [6.45, 7) is 8.69. The monoisotopic (exact) mass is 373 g/mol. The van der Waals surface area contributed by atoms with Crippen LogP contribution in [0.25, 0.3) is 0 Å². The first-order valence-electron chi connectivity index (χ1n) is 10.1. The van der Waals surface area contributed by atoms with Crippen LogP contribution in [0.4, 0.5) is 0 Å². The standard InChI is InChI=1S/C21H26O.C5H5N/c1-5-21(6-2,7-3)19-14-9-8-13-18(19)20(22)17-12-10-11-16(4)15-17;1-2-4-6-5-3-1/h8-15H,5-7H2,1-4H3;1-5H. The van der Waals surface area contributed by atoms with E-state index in [9.17, 15) is 4.79 Å². The van der Waals surface area contributed by atoms with Crippen molar-refractivity contribution in [2.75, 3.05) is 0 Å². The molecule has 28 heavy (non-hydrogen) atoms. The van der Waals surface area contributed by atoms with Gasteiger partial charge in [-0.15, -0.1) is 0 Å². The highest BCUT2D eigenvalue weighted by atomic mass is 16.1. The summed E-state index contributed by atoms with van der Waals surface area (Å²) in [6, 6.07) is 21.7. The number of pyridine rings is 1. The molecule has 0 unspecified atom stereocenters. The fourth-order valence-corrected chi connectivity index (χ4v) is 3.72. The zero-order valence-corrected chi connectivity index (χ0v) is 17.5. The number of aryl methyl sites for hydroxylation is 1. The molecule has 0 atom stereocenters. The molecule has 0 N–H and O–H groups in total. The van der Waals surface area contributed by atoms with E-state index in [-0.39, 0.29) is 11.2 Å². The first kappa shape index (κ1) is 21.6. The summed E-state index contributed by atoms with van der Waals surface area (Å²) < 4.78 is 0. The molecule has 3 rings (SSSR count). The van der Waals surface area contributed by atoms with Crippen LogP contribution in [0.2, 0.25) is 0 Å². The van der Waals surface area contributed by atoms with Crippen molar-refractivity contribution >= 4 is 5.78 Å². The van der Waals surface area contributed by atoms with Crippen molar-refractivity contribution in [3.8, 4) is 0 Å². The summed E-state index contributed by atoms with van der Waals surface area (Å²) >= 11 is 0. The number of carbonyl (C=O) groups is 1. The van der Waals surface area contributed by atoms with Gasteiger partial charge in [0.05, 0.1) is 0 Å². The Morgan fingerprint density at radius 3 is 1.96 bits per heavy atom. The molecule has 0 bridgehead atoms. The van der Waals surface area contributed by atoms with Crippen molar-refractivity contribution in [2.45, 2.75) is 52.4 Å². The van der Waals surface area contributed by atoms with Gasteiger partial charge in [-0.3, -0.25) is 9.78 Å². The molecule has 0 spiro atoms. The Bertz CT molecular complexity index is 831. The number of hydrogen-bond acceptors (Lipinski definition) is 2. The van der Waals surface area contributed by atoms with Gasteiger partial charge in [-0.1, -0.05) is 74.9 Å². The number of aromatic nitrogens is 1. The maximum Gasteiger partial charge on any atom is 0.193 e. The number of ketones is 1. The maximum atomic E-state index is 13.0. The zero-order valence-electron chi connectivity index (χ0n) is 17.5. The van der Waals surface area contributed by atoms with Crippen LogP contribution in [0.15, 0.2) is 79.1 Å². The lowest BCUT2D eigenvalue weighted by molar-refractivity contribution is 0.103. The van der Waals surface area contributed by atoms with Gasteiger partial charge in [0, 0.05) is 23.5 Å². The topological polar surface area (TPSA) is 30.0 Å². The predicted molar refractivity (Wildman–Crippen MR) is 118 cm³/mol. The van der Waals surface area contributed by atoms with Crippen molar-refractivity contribution in [1.29, 1.82) is 0 Å². The van der Waals surface area contributed by atoms with E-state index in [4.69, 9.17) is 0 Å². The van der Waals surface area contributed by atoms with Crippen LogP contribution >= 0.6 is 0 Å². The van der Waals surface area contributed by atoms with Crippen LogP contribution in [-0.2, 0) is 5.41 Å². The van der Waals surface area contributed by atoms with Crippen LogP contribution in [-0.4, -0.2) is 10.8 Å². The van der Waals surface area contributed by atoms with Gasteiger partial charge in [0.25, 0.3) is 0 Å². The molecule has 0 saturated heterocycles. The second-order valence-electron chi connectivity index (χ2n) is 7.11. The summed E-state index contributed by atoms with van der Waals surface area (Å²) in [7, 11) is 0. The predicted octanol–water partition coefficient (Wildman–Crippen LogP) is 6.78. The summed E-state index contributed by atoms with van der Waals surface area (Å²) in [4.78, 5) is 16.8. The number of carbonyl (C=O) groups excluding carboxylic acids is 1. The Hall–Kier alpha value is -2.74. The van der Waals surface area contributed by atoms with Gasteiger partial charge in [0.2, 0.25) is 0 Å². The zero-order chi connectivity index (χ0) is 20.4. The van der Waals surface area contributed by atoms with E-state index >= 15 is 0 Å². The molecule has 0 aliphatic heterocycles. The summed E-state index contributed by atoms with van der Waals surface area (Å²) in [5.74, 6) is 0.138. The van der Waals surface area contributed by atoms with E-state index in [0.717, 1.165) is 36.0 Å². The van der Waals surface area contributed by atoms with Gasteiger partial charge < -0.3 is 0 Å². The molecule has 1 aromatic heterocycles. The average Bonchev–Trinajstić information content (AvgIpc) is 2.77. The van der Waals surface area contributed by atoms with Gasteiger partial charge >= 0.3 is 0 Å². The van der Waals surface area contributed by atoms with Gasteiger partial charge in [-0.05, 0) is 55.4 Å². The Kier molecular flexibility index (Phi) is 8.13. The summed E-state index contributed by atoms with van der Waals surface area (Å²) in [6.07, 6.45) is 6.66.